The van der Waals surface area contributed by atoms with Gasteiger partial charge in [-0.25, -0.2) is 0 Å². The van der Waals surface area contributed by atoms with Gasteiger partial charge in [0, 0.05) is 35.9 Å². The van der Waals surface area contributed by atoms with E-state index in [0.29, 0.717) is 23.8 Å². The number of aldehydes is 1. The van der Waals surface area contributed by atoms with Crippen LogP contribution in [0.15, 0.2) is 48.5 Å². The summed E-state index contributed by atoms with van der Waals surface area (Å²) in [7, 11) is 5.43. The topological polar surface area (TPSA) is 97.2 Å². The highest BCUT2D eigenvalue weighted by Crippen LogP contribution is 2.25. The van der Waals surface area contributed by atoms with E-state index in [2.05, 4.69) is 5.73 Å². The lowest BCUT2D eigenvalue weighted by Crippen LogP contribution is -2.26. The zero-order valence-corrected chi connectivity index (χ0v) is 19.0. The fourth-order valence-corrected chi connectivity index (χ4v) is 2.79. The number of nitrogens with zero attached hydrogens (tertiary/aromatic N) is 3. The Hall–Kier alpha value is -2.72. The van der Waals surface area contributed by atoms with Gasteiger partial charge in [-0.1, -0.05) is 48.9 Å². The number of rotatable bonds is 8. The van der Waals surface area contributed by atoms with Crippen LogP contribution in [0.4, 0.5) is 5.69 Å². The molecule has 3 N–H and O–H groups in total. The molecule has 0 saturated heterocycles. The summed E-state index contributed by atoms with van der Waals surface area (Å²) in [5.41, 5.74) is 7.72. The third-order valence-corrected chi connectivity index (χ3v) is 4.17. The predicted octanol–water partition coefficient (Wildman–Crippen LogP) is 3.82. The SMILES string of the molecule is CCCN(CC#N)CC=O.CN.CN(C)c1ccc(Cl)cc1C(=N)c1ccccc1. The Bertz CT molecular complexity index is 803. The van der Waals surface area contributed by atoms with Crippen LogP contribution in [0.1, 0.15) is 24.5 Å². The van der Waals surface area contributed by atoms with Crippen LogP contribution in [0, 0.1) is 16.7 Å². The molecule has 0 heterocycles. The van der Waals surface area contributed by atoms with E-state index in [1.54, 1.807) is 0 Å². The second-order valence-electron chi connectivity index (χ2n) is 6.36. The fourth-order valence-electron chi connectivity index (χ4n) is 2.62. The number of hydrogen-bond acceptors (Lipinski definition) is 6. The summed E-state index contributed by atoms with van der Waals surface area (Å²) < 4.78 is 0. The normalized spacial score (nSPS) is 9.40. The highest BCUT2D eigenvalue weighted by molar-refractivity contribution is 6.31. The maximum atomic E-state index is 10.0. The highest BCUT2D eigenvalue weighted by atomic mass is 35.5. The third-order valence-electron chi connectivity index (χ3n) is 3.94. The monoisotopic (exact) mass is 429 g/mol. The molecule has 0 saturated carbocycles. The van der Waals surface area contributed by atoms with Crippen LogP contribution in [0.5, 0.6) is 0 Å². The Kier molecular flexibility index (Phi) is 14.7. The van der Waals surface area contributed by atoms with Gasteiger partial charge in [-0.05, 0) is 38.2 Å². The van der Waals surface area contributed by atoms with E-state index < -0.39 is 0 Å². The number of benzene rings is 2. The molecule has 0 aromatic heterocycles. The molecule has 0 aliphatic carbocycles. The number of carbonyl (C=O) groups is 1. The van der Waals surface area contributed by atoms with E-state index in [0.717, 1.165) is 36.1 Å². The van der Waals surface area contributed by atoms with Crippen molar-refractivity contribution in [3.63, 3.8) is 0 Å². The standard InChI is InChI=1S/C15H15ClN2.C7H12N2O.CH5N/c1-18(2)14-9-8-12(16)10-13(14)15(17)11-6-4-3-5-7-11;1-2-4-9(5-3-8)6-7-10;1-2/h3-10,17H,1-2H3;7H,2,4-6H2,1H3;2H2,1H3. The van der Waals surface area contributed by atoms with Crippen LogP contribution in [0.3, 0.4) is 0 Å². The number of nitrogens with one attached hydrogen (secondary N) is 1. The summed E-state index contributed by atoms with van der Waals surface area (Å²) in [5.74, 6) is 0. The smallest absolute Gasteiger partial charge is 0.134 e. The molecule has 0 atom stereocenters. The average molecular weight is 430 g/mol. The van der Waals surface area contributed by atoms with Gasteiger partial charge in [-0.3, -0.25) is 10.3 Å². The molecule has 30 heavy (non-hydrogen) atoms. The second kappa shape index (κ2) is 16.1. The van der Waals surface area contributed by atoms with Gasteiger partial charge in [0.05, 0.1) is 24.9 Å². The first kappa shape index (κ1) is 27.3. The Morgan fingerprint density at radius 3 is 2.33 bits per heavy atom. The minimum atomic E-state index is 0.354. The van der Waals surface area contributed by atoms with Crippen molar-refractivity contribution in [1.29, 1.82) is 10.7 Å². The van der Waals surface area contributed by atoms with Crippen LogP contribution >= 0.6 is 11.6 Å². The Morgan fingerprint density at radius 2 is 1.83 bits per heavy atom. The second-order valence-corrected chi connectivity index (χ2v) is 6.79. The molecular formula is C23H32ClN5O. The van der Waals surface area contributed by atoms with E-state index in [-0.39, 0.29) is 0 Å². The molecule has 0 bridgehead atoms. The van der Waals surface area contributed by atoms with Crippen LogP contribution in [0.2, 0.25) is 5.02 Å². The highest BCUT2D eigenvalue weighted by Gasteiger charge is 2.11. The molecular weight excluding hydrogens is 398 g/mol. The molecule has 6 nitrogen and oxygen atoms in total. The number of nitriles is 1. The molecule has 0 fully saturated rings. The van der Waals surface area contributed by atoms with Gasteiger partial charge < -0.3 is 15.4 Å². The van der Waals surface area contributed by atoms with Gasteiger partial charge >= 0.3 is 0 Å². The number of halogens is 1. The minimum absolute atomic E-state index is 0.354. The minimum Gasteiger partial charge on any atom is -0.377 e. The molecule has 162 valence electrons. The number of anilines is 1. The van der Waals surface area contributed by atoms with Crippen molar-refractivity contribution in [2.75, 3.05) is 45.7 Å². The summed E-state index contributed by atoms with van der Waals surface area (Å²) in [4.78, 5) is 13.8. The first-order valence-corrected chi connectivity index (χ1v) is 10.0. The van der Waals surface area contributed by atoms with Crippen LogP contribution in [-0.4, -0.2) is 57.7 Å². The molecule has 2 rings (SSSR count). The lowest BCUT2D eigenvalue weighted by Gasteiger charge is -2.18. The van der Waals surface area contributed by atoms with Gasteiger partial charge in [0.2, 0.25) is 0 Å². The zero-order valence-electron chi connectivity index (χ0n) is 18.2. The maximum Gasteiger partial charge on any atom is 0.134 e. The molecule has 0 amide bonds. The zero-order chi connectivity index (χ0) is 22.9. The molecule has 2 aromatic rings. The summed E-state index contributed by atoms with van der Waals surface area (Å²) in [6, 6.07) is 17.3. The van der Waals surface area contributed by atoms with Crippen molar-refractivity contribution >= 4 is 29.3 Å². The van der Waals surface area contributed by atoms with E-state index in [9.17, 15) is 4.79 Å². The van der Waals surface area contributed by atoms with Crippen molar-refractivity contribution in [1.82, 2.24) is 4.90 Å². The van der Waals surface area contributed by atoms with E-state index >= 15 is 0 Å². The lowest BCUT2D eigenvalue weighted by atomic mass is 10.0. The Balaban J connectivity index is 0.000000600. The number of nitrogens with two attached hydrogens (primary N) is 1. The van der Waals surface area contributed by atoms with Crippen molar-refractivity contribution < 1.29 is 4.79 Å². The van der Waals surface area contributed by atoms with Crippen LogP contribution in [-0.2, 0) is 4.79 Å². The molecule has 0 aliphatic heterocycles. The van der Waals surface area contributed by atoms with Crippen molar-refractivity contribution in [2.45, 2.75) is 13.3 Å². The maximum absolute atomic E-state index is 10.0. The van der Waals surface area contributed by atoms with Crippen molar-refractivity contribution in [3.8, 4) is 6.07 Å². The van der Waals surface area contributed by atoms with E-state index in [4.69, 9.17) is 22.3 Å². The van der Waals surface area contributed by atoms with Gasteiger partial charge in [-0.15, -0.1) is 0 Å². The first-order valence-electron chi connectivity index (χ1n) is 9.66. The summed E-state index contributed by atoms with van der Waals surface area (Å²) in [6.07, 6.45) is 1.81. The molecule has 0 spiro atoms. The van der Waals surface area contributed by atoms with E-state index in [1.165, 1.54) is 7.05 Å². The summed E-state index contributed by atoms with van der Waals surface area (Å²) >= 11 is 6.04. The van der Waals surface area contributed by atoms with Crippen molar-refractivity contribution in [3.05, 3.63) is 64.7 Å². The lowest BCUT2D eigenvalue weighted by molar-refractivity contribution is -0.108. The van der Waals surface area contributed by atoms with Crippen LogP contribution in [0.25, 0.3) is 0 Å². The molecule has 0 radical (unpaired) electrons. The predicted molar refractivity (Wildman–Crippen MR) is 127 cm³/mol. The molecule has 0 unspecified atom stereocenters. The quantitative estimate of drug-likeness (QED) is 0.377. The van der Waals surface area contributed by atoms with Gasteiger partial charge in [-0.2, -0.15) is 5.26 Å². The Morgan fingerprint density at radius 1 is 1.20 bits per heavy atom. The third kappa shape index (κ3) is 9.66. The average Bonchev–Trinajstić information content (AvgIpc) is 2.76. The summed E-state index contributed by atoms with van der Waals surface area (Å²) in [5, 5.41) is 17.2. The first-order chi connectivity index (χ1) is 14.4. The fraction of sp³-hybridized carbons (Fsp3) is 0.348. The van der Waals surface area contributed by atoms with Crippen LogP contribution < -0.4 is 10.6 Å². The number of carbonyl (C=O) groups excluding carboxylic acids is 1. The van der Waals surface area contributed by atoms with Gasteiger partial charge in [0.1, 0.15) is 6.29 Å². The molecule has 0 aliphatic rings. The summed E-state index contributed by atoms with van der Waals surface area (Å²) in [6.45, 7) is 3.58. The Labute approximate surface area is 185 Å². The van der Waals surface area contributed by atoms with Crippen molar-refractivity contribution in [2.24, 2.45) is 5.73 Å². The molecule has 7 heteroatoms. The number of hydrogen-bond donors (Lipinski definition) is 2. The van der Waals surface area contributed by atoms with Gasteiger partial charge in [0.15, 0.2) is 0 Å². The van der Waals surface area contributed by atoms with E-state index in [1.807, 2.05) is 85.4 Å². The van der Waals surface area contributed by atoms with Gasteiger partial charge in [0.25, 0.3) is 0 Å². The molecule has 2 aromatic carbocycles. The largest absolute Gasteiger partial charge is 0.377 e.